The molecule has 0 unspecified atom stereocenters. The summed E-state index contributed by atoms with van der Waals surface area (Å²) in [4.78, 5) is 7.16. The van der Waals surface area contributed by atoms with Crippen molar-refractivity contribution in [1.29, 1.82) is 0 Å². The fourth-order valence-electron chi connectivity index (χ4n) is 3.16. The third-order valence-electron chi connectivity index (χ3n) is 4.15. The number of hydrogen-bond donors (Lipinski definition) is 1. The maximum atomic E-state index is 4.64. The lowest BCUT2D eigenvalue weighted by Gasteiger charge is -2.34. The molecule has 20 heavy (non-hydrogen) atoms. The van der Waals surface area contributed by atoms with Crippen LogP contribution in [-0.4, -0.2) is 30.7 Å². The van der Waals surface area contributed by atoms with Crippen LogP contribution in [0.2, 0.25) is 0 Å². The van der Waals surface area contributed by atoms with E-state index in [1.807, 2.05) is 0 Å². The molecule has 3 nitrogen and oxygen atoms in total. The summed E-state index contributed by atoms with van der Waals surface area (Å²) in [7, 11) is 0. The summed E-state index contributed by atoms with van der Waals surface area (Å²) >= 11 is 0. The summed E-state index contributed by atoms with van der Waals surface area (Å²) in [5.74, 6) is 0. The zero-order chi connectivity index (χ0) is 13.9. The van der Waals surface area contributed by atoms with Gasteiger partial charge >= 0.3 is 0 Å². The zero-order valence-electron chi connectivity index (χ0n) is 12.4. The van der Waals surface area contributed by atoms with Crippen molar-refractivity contribution in [3.8, 4) is 0 Å². The number of nitrogens with one attached hydrogen (secondary N) is 1. The number of benzene rings is 1. The molecule has 2 aromatic rings. The Bertz CT molecular complexity index is 586. The monoisotopic (exact) mass is 269 g/mol. The Balaban J connectivity index is 1.87. The normalized spacial score (nSPS) is 16.8. The van der Waals surface area contributed by atoms with Crippen LogP contribution in [0.5, 0.6) is 0 Å². The maximum absolute atomic E-state index is 4.64. The van der Waals surface area contributed by atoms with E-state index in [4.69, 9.17) is 0 Å². The van der Waals surface area contributed by atoms with E-state index in [0.29, 0.717) is 6.04 Å². The van der Waals surface area contributed by atoms with Crippen LogP contribution in [0.25, 0.3) is 10.9 Å². The van der Waals surface area contributed by atoms with Crippen LogP contribution in [0.1, 0.15) is 25.5 Å². The SMILES string of the molecule is CCNC1CCN(c2cc(C)nc3ccccc23)CC1. The first-order valence-electron chi connectivity index (χ1n) is 7.62. The minimum atomic E-state index is 0.686. The molecule has 2 heterocycles. The molecule has 1 aliphatic heterocycles. The molecule has 0 radical (unpaired) electrons. The van der Waals surface area contributed by atoms with Gasteiger partial charge in [0.15, 0.2) is 0 Å². The molecule has 1 aliphatic rings. The van der Waals surface area contributed by atoms with Gasteiger partial charge in [-0.25, -0.2) is 0 Å². The van der Waals surface area contributed by atoms with Gasteiger partial charge in [0.25, 0.3) is 0 Å². The smallest absolute Gasteiger partial charge is 0.0726 e. The van der Waals surface area contributed by atoms with E-state index < -0.39 is 0 Å². The molecule has 1 N–H and O–H groups in total. The van der Waals surface area contributed by atoms with Crippen LogP contribution in [0, 0.1) is 6.92 Å². The lowest BCUT2D eigenvalue weighted by molar-refractivity contribution is 0.424. The van der Waals surface area contributed by atoms with Gasteiger partial charge in [0.1, 0.15) is 0 Å². The first kappa shape index (κ1) is 13.4. The number of aryl methyl sites for hydroxylation is 1. The van der Waals surface area contributed by atoms with E-state index in [-0.39, 0.29) is 0 Å². The topological polar surface area (TPSA) is 28.2 Å². The molecule has 0 atom stereocenters. The second-order valence-electron chi connectivity index (χ2n) is 5.62. The van der Waals surface area contributed by atoms with Gasteiger partial charge in [0.05, 0.1) is 5.52 Å². The number of fused-ring (bicyclic) bond motifs is 1. The van der Waals surface area contributed by atoms with Crippen LogP contribution >= 0.6 is 0 Å². The van der Waals surface area contributed by atoms with Crippen molar-refractivity contribution < 1.29 is 0 Å². The van der Waals surface area contributed by atoms with Crippen LogP contribution in [-0.2, 0) is 0 Å². The lowest BCUT2D eigenvalue weighted by Crippen LogP contribution is -2.42. The number of piperidine rings is 1. The molecule has 0 amide bonds. The van der Waals surface area contributed by atoms with Gasteiger partial charge in [-0.3, -0.25) is 4.98 Å². The summed E-state index contributed by atoms with van der Waals surface area (Å²) in [6, 6.07) is 11.4. The highest BCUT2D eigenvalue weighted by Gasteiger charge is 2.20. The molecule has 1 aromatic carbocycles. The van der Waals surface area contributed by atoms with Crippen LogP contribution in [0.3, 0.4) is 0 Å². The molecule has 1 saturated heterocycles. The highest BCUT2D eigenvalue weighted by molar-refractivity contribution is 5.92. The zero-order valence-corrected chi connectivity index (χ0v) is 12.4. The van der Waals surface area contributed by atoms with E-state index in [9.17, 15) is 0 Å². The van der Waals surface area contributed by atoms with E-state index >= 15 is 0 Å². The summed E-state index contributed by atoms with van der Waals surface area (Å²) in [5.41, 5.74) is 3.56. The van der Waals surface area contributed by atoms with Gasteiger partial charge in [-0.2, -0.15) is 0 Å². The van der Waals surface area contributed by atoms with Crippen molar-refractivity contribution in [2.75, 3.05) is 24.5 Å². The molecule has 0 spiro atoms. The molecule has 0 bridgehead atoms. The van der Waals surface area contributed by atoms with E-state index in [1.165, 1.54) is 23.9 Å². The van der Waals surface area contributed by atoms with Crippen LogP contribution in [0.4, 0.5) is 5.69 Å². The number of para-hydroxylation sites is 1. The Morgan fingerprint density at radius 3 is 2.75 bits per heavy atom. The average molecular weight is 269 g/mol. The minimum Gasteiger partial charge on any atom is -0.371 e. The number of rotatable bonds is 3. The average Bonchev–Trinajstić information content (AvgIpc) is 2.47. The molecule has 3 heteroatoms. The Morgan fingerprint density at radius 1 is 1.25 bits per heavy atom. The van der Waals surface area contributed by atoms with Crippen molar-refractivity contribution in [3.05, 3.63) is 36.0 Å². The fourth-order valence-corrected chi connectivity index (χ4v) is 3.16. The molecule has 3 rings (SSSR count). The van der Waals surface area contributed by atoms with Gasteiger partial charge in [-0.1, -0.05) is 25.1 Å². The third-order valence-corrected chi connectivity index (χ3v) is 4.15. The predicted octanol–water partition coefficient (Wildman–Crippen LogP) is 3.12. The van der Waals surface area contributed by atoms with Crippen molar-refractivity contribution in [2.24, 2.45) is 0 Å². The Morgan fingerprint density at radius 2 is 2.00 bits per heavy atom. The van der Waals surface area contributed by atoms with Gasteiger partial charge in [0, 0.05) is 35.9 Å². The standard InChI is InChI=1S/C17H23N3/c1-3-18-14-8-10-20(11-9-14)17-12-13(2)19-16-7-5-4-6-15(16)17/h4-7,12,14,18H,3,8-11H2,1-2H3. The highest BCUT2D eigenvalue weighted by Crippen LogP contribution is 2.28. The van der Waals surface area contributed by atoms with Crippen molar-refractivity contribution in [3.63, 3.8) is 0 Å². The van der Waals surface area contributed by atoms with Gasteiger partial charge < -0.3 is 10.2 Å². The van der Waals surface area contributed by atoms with Gasteiger partial charge in [-0.15, -0.1) is 0 Å². The van der Waals surface area contributed by atoms with E-state index in [1.54, 1.807) is 0 Å². The number of anilines is 1. The molecular formula is C17H23N3. The van der Waals surface area contributed by atoms with Crippen molar-refractivity contribution >= 4 is 16.6 Å². The van der Waals surface area contributed by atoms with E-state index in [2.05, 4.69) is 59.4 Å². The number of pyridine rings is 1. The van der Waals surface area contributed by atoms with Crippen molar-refractivity contribution in [2.45, 2.75) is 32.7 Å². The second-order valence-corrected chi connectivity index (χ2v) is 5.62. The van der Waals surface area contributed by atoms with Gasteiger partial charge in [0.2, 0.25) is 0 Å². The Hall–Kier alpha value is -1.61. The predicted molar refractivity (Wildman–Crippen MR) is 85.4 cm³/mol. The highest BCUT2D eigenvalue weighted by atomic mass is 15.1. The molecule has 1 fully saturated rings. The number of aromatic nitrogens is 1. The van der Waals surface area contributed by atoms with Crippen LogP contribution < -0.4 is 10.2 Å². The molecular weight excluding hydrogens is 246 g/mol. The lowest BCUT2D eigenvalue weighted by atomic mass is 10.0. The summed E-state index contributed by atoms with van der Waals surface area (Å²) < 4.78 is 0. The number of nitrogens with zero attached hydrogens (tertiary/aromatic N) is 2. The molecule has 0 saturated carbocycles. The summed E-state index contributed by atoms with van der Waals surface area (Å²) in [6.07, 6.45) is 2.45. The molecule has 106 valence electrons. The Labute approximate surface area is 121 Å². The second kappa shape index (κ2) is 5.80. The van der Waals surface area contributed by atoms with Gasteiger partial charge in [-0.05, 0) is 38.4 Å². The molecule has 1 aromatic heterocycles. The minimum absolute atomic E-state index is 0.686. The van der Waals surface area contributed by atoms with E-state index in [0.717, 1.165) is 30.8 Å². The molecule has 0 aliphatic carbocycles. The first-order valence-corrected chi connectivity index (χ1v) is 7.62. The number of hydrogen-bond acceptors (Lipinski definition) is 3. The largest absolute Gasteiger partial charge is 0.371 e. The Kier molecular flexibility index (Phi) is 3.88. The fraction of sp³-hybridized carbons (Fsp3) is 0.471. The maximum Gasteiger partial charge on any atom is 0.0726 e. The summed E-state index contributed by atoms with van der Waals surface area (Å²) in [5, 5.41) is 4.84. The van der Waals surface area contributed by atoms with Crippen LogP contribution in [0.15, 0.2) is 30.3 Å². The van der Waals surface area contributed by atoms with Crippen molar-refractivity contribution in [1.82, 2.24) is 10.3 Å². The third kappa shape index (κ3) is 2.63. The first-order chi connectivity index (χ1) is 9.78. The quantitative estimate of drug-likeness (QED) is 0.928. The summed E-state index contributed by atoms with van der Waals surface area (Å²) in [6.45, 7) is 7.60.